The number of unbranched alkanes of at least 4 members (excludes halogenated alkanes) is 91. The monoisotopic (exact) mass is 1400 g/mol. The van der Waals surface area contributed by atoms with Crippen LogP contribution in [0.3, 0.4) is 0 Å². The van der Waals surface area contributed by atoms with Crippen LogP contribution in [0.4, 0.5) is 0 Å². The summed E-state index contributed by atoms with van der Waals surface area (Å²) >= 11 is 0. The van der Waals surface area contributed by atoms with Gasteiger partial charge in [0.2, 0.25) is 0 Å². The largest absolute Gasteiger partial charge is 0.0654 e. The Hall–Kier alpha value is -0.780. The Morgan fingerprint density at radius 1 is 0.110 bits per heavy atom. The van der Waals surface area contributed by atoms with Gasteiger partial charge in [-0.2, -0.15) is 0 Å². The summed E-state index contributed by atoms with van der Waals surface area (Å²) < 4.78 is 0. The molecule has 1 rings (SSSR count). The fourth-order valence-corrected chi connectivity index (χ4v) is 17.0. The third kappa shape index (κ3) is 87.9. The van der Waals surface area contributed by atoms with Crippen molar-refractivity contribution in [3.05, 3.63) is 35.9 Å². The molecule has 0 saturated heterocycles. The molecule has 1 aromatic rings. The van der Waals surface area contributed by atoms with Crippen molar-refractivity contribution in [2.75, 3.05) is 0 Å². The Bertz CT molecular complexity index is 1490. The lowest BCUT2D eigenvalue weighted by atomic mass is 10.0. The molecule has 0 bridgehead atoms. The van der Waals surface area contributed by atoms with Crippen molar-refractivity contribution in [2.45, 2.75) is 604 Å². The van der Waals surface area contributed by atoms with Crippen molar-refractivity contribution < 1.29 is 0 Å². The summed E-state index contributed by atoms with van der Waals surface area (Å²) in [6, 6.07) is 11.0. The van der Waals surface area contributed by atoms with Crippen LogP contribution in [0.5, 0.6) is 0 Å². The Morgan fingerprint density at radius 2 is 0.200 bits per heavy atom. The highest BCUT2D eigenvalue weighted by Gasteiger charge is 2.04. The van der Waals surface area contributed by atoms with E-state index in [0.29, 0.717) is 0 Å². The van der Waals surface area contributed by atoms with Crippen LogP contribution in [0.2, 0.25) is 0 Å². The zero-order chi connectivity index (χ0) is 70.9. The molecule has 0 amide bonds. The van der Waals surface area contributed by atoms with Crippen molar-refractivity contribution in [2.24, 2.45) is 0 Å². The van der Waals surface area contributed by atoms with Gasteiger partial charge in [0, 0.05) is 0 Å². The lowest BCUT2D eigenvalue weighted by Gasteiger charge is -2.05. The van der Waals surface area contributed by atoms with E-state index < -0.39 is 0 Å². The van der Waals surface area contributed by atoms with E-state index >= 15 is 0 Å². The minimum atomic E-state index is 1.26. The summed E-state index contributed by atoms with van der Waals surface area (Å²) in [5.41, 5.74) is 1.51. The van der Waals surface area contributed by atoms with E-state index in [2.05, 4.69) is 37.3 Å². The van der Waals surface area contributed by atoms with Crippen LogP contribution in [0.15, 0.2) is 30.3 Å². The predicted octanol–water partition coefficient (Wildman–Crippen LogP) is 38.1. The average molecular weight is 1400 g/mol. The maximum Gasteiger partial charge on any atom is -0.0279 e. The fraction of sp³-hybridized carbons (Fsp3) is 0.940. The number of aryl methyl sites for hydroxylation is 1. The molecule has 0 spiro atoms. The van der Waals surface area contributed by atoms with Gasteiger partial charge in [0.25, 0.3) is 0 Å². The van der Waals surface area contributed by atoms with Crippen LogP contribution >= 0.6 is 0 Å². The summed E-state index contributed by atoms with van der Waals surface area (Å²) in [6.07, 6.45) is 138. The number of rotatable bonds is 93. The normalized spacial score (nSPS) is 11.8. The SMILES string of the molecule is CCCCCCCCCCCCCCCCCCCCCCCCCCCCCCCCCCCCCCCCCCCCCCCCCCCCCCCCCCCCCCCCCCCCCCCCCCCCCCCCCCCCCCCCCCCCCCc1ccccc1. The van der Waals surface area contributed by atoms with Gasteiger partial charge in [0.1, 0.15) is 0 Å². The summed E-state index contributed by atoms with van der Waals surface area (Å²) in [5, 5.41) is 0. The van der Waals surface area contributed by atoms with Crippen molar-refractivity contribution in [1.82, 2.24) is 0 Å². The zero-order valence-electron chi connectivity index (χ0n) is 70.1. The highest BCUT2D eigenvalue weighted by Crippen LogP contribution is 2.23. The van der Waals surface area contributed by atoms with Crippen LogP contribution in [-0.4, -0.2) is 0 Å². The highest BCUT2D eigenvalue weighted by atomic mass is 14.1. The van der Waals surface area contributed by atoms with Crippen LogP contribution < -0.4 is 0 Å². The van der Waals surface area contributed by atoms with Gasteiger partial charge in [-0.3, -0.25) is 0 Å². The van der Waals surface area contributed by atoms with Crippen LogP contribution in [-0.2, 0) is 6.42 Å². The van der Waals surface area contributed by atoms with Crippen LogP contribution in [0.1, 0.15) is 603 Å². The van der Waals surface area contributed by atoms with Gasteiger partial charge in [-0.25, -0.2) is 0 Å². The van der Waals surface area contributed by atoms with Gasteiger partial charge in [0.05, 0.1) is 0 Å². The molecule has 594 valence electrons. The molecule has 1 aromatic carbocycles. The number of benzene rings is 1. The Balaban J connectivity index is 1.58. The Labute approximate surface area is 636 Å². The molecule has 100 heavy (non-hydrogen) atoms. The number of hydrogen-bond acceptors (Lipinski definition) is 0. The Morgan fingerprint density at radius 3 is 0.300 bits per heavy atom. The van der Waals surface area contributed by atoms with E-state index in [9.17, 15) is 0 Å². The first-order valence-corrected chi connectivity index (χ1v) is 49.0. The van der Waals surface area contributed by atoms with Gasteiger partial charge in [-0.15, -0.1) is 0 Å². The third-order valence-electron chi connectivity index (χ3n) is 24.2. The molecule has 0 aliphatic rings. The molecule has 0 atom stereocenters. The summed E-state index contributed by atoms with van der Waals surface area (Å²) in [5.74, 6) is 0. The maximum absolute atomic E-state index is 2.32. The molecule has 0 aliphatic heterocycles. The second-order valence-corrected chi connectivity index (χ2v) is 34.4. The first-order chi connectivity index (χ1) is 49.9. The van der Waals surface area contributed by atoms with E-state index in [0.717, 1.165) is 0 Å². The quantitative estimate of drug-likeness (QED) is 0.0570. The molecular weight excluding hydrogens is 1200 g/mol. The molecule has 0 aliphatic carbocycles. The molecule has 0 unspecified atom stereocenters. The first-order valence-electron chi connectivity index (χ1n) is 49.0. The second kappa shape index (κ2) is 92.4. The summed E-state index contributed by atoms with van der Waals surface area (Å²) in [6.45, 7) is 2.32. The molecule has 0 saturated carbocycles. The molecule has 0 fully saturated rings. The van der Waals surface area contributed by atoms with E-state index in [1.54, 1.807) is 0 Å². The van der Waals surface area contributed by atoms with Gasteiger partial charge in [-0.05, 0) is 18.4 Å². The fourth-order valence-electron chi connectivity index (χ4n) is 17.0. The predicted molar refractivity (Wildman–Crippen MR) is 461 cm³/mol. The van der Waals surface area contributed by atoms with Gasteiger partial charge < -0.3 is 0 Å². The van der Waals surface area contributed by atoms with E-state index in [1.165, 1.54) is 603 Å². The standard InChI is InChI=1S/C100H194/c1-2-3-4-5-6-7-8-9-10-11-12-13-14-15-16-17-18-19-20-21-22-23-24-25-26-27-28-29-30-31-32-33-34-35-36-37-38-39-40-41-42-43-44-45-46-47-48-49-50-51-52-53-54-55-56-57-58-59-60-61-62-63-64-65-66-67-68-69-70-71-72-73-74-75-76-77-78-79-80-81-82-83-84-85-86-87-88-89-90-91-92-94-97-100-98-95-93-96-99-100/h93,95-96,98-99H,2-92,94,97H2,1H3. The van der Waals surface area contributed by atoms with Crippen LogP contribution in [0.25, 0.3) is 0 Å². The second-order valence-electron chi connectivity index (χ2n) is 34.4. The van der Waals surface area contributed by atoms with Crippen molar-refractivity contribution >= 4 is 0 Å². The molecule has 0 N–H and O–H groups in total. The highest BCUT2D eigenvalue weighted by molar-refractivity contribution is 5.14. The molecule has 0 nitrogen and oxygen atoms in total. The molecule has 0 heteroatoms. The van der Waals surface area contributed by atoms with Gasteiger partial charge in [0.15, 0.2) is 0 Å². The van der Waals surface area contributed by atoms with Gasteiger partial charge in [-0.1, -0.05) is 622 Å². The van der Waals surface area contributed by atoms with Crippen molar-refractivity contribution in [3.8, 4) is 0 Å². The summed E-state index contributed by atoms with van der Waals surface area (Å²) in [4.78, 5) is 0. The number of hydrogen-bond donors (Lipinski definition) is 0. The van der Waals surface area contributed by atoms with E-state index in [4.69, 9.17) is 0 Å². The minimum absolute atomic E-state index is 1.26. The smallest absolute Gasteiger partial charge is 0.0279 e. The van der Waals surface area contributed by atoms with Gasteiger partial charge >= 0.3 is 0 Å². The minimum Gasteiger partial charge on any atom is -0.0654 e. The van der Waals surface area contributed by atoms with E-state index in [-0.39, 0.29) is 0 Å². The zero-order valence-corrected chi connectivity index (χ0v) is 70.1. The topological polar surface area (TPSA) is 0 Å². The molecule has 0 radical (unpaired) electrons. The lowest BCUT2D eigenvalue weighted by molar-refractivity contribution is 0.505. The lowest BCUT2D eigenvalue weighted by Crippen LogP contribution is -1.86. The third-order valence-corrected chi connectivity index (χ3v) is 24.2. The molecule has 0 heterocycles. The molecule has 0 aromatic heterocycles. The average Bonchev–Trinajstić information content (AvgIpc) is 3.83. The first kappa shape index (κ1) is 97.2. The van der Waals surface area contributed by atoms with Crippen LogP contribution in [0, 0.1) is 0 Å². The van der Waals surface area contributed by atoms with E-state index in [1.807, 2.05) is 0 Å². The maximum atomic E-state index is 2.32. The Kier molecular flexibility index (Phi) is 89.9. The van der Waals surface area contributed by atoms with Crippen molar-refractivity contribution in [1.29, 1.82) is 0 Å². The summed E-state index contributed by atoms with van der Waals surface area (Å²) in [7, 11) is 0. The van der Waals surface area contributed by atoms with Crippen molar-refractivity contribution in [3.63, 3.8) is 0 Å². The molecular formula is C100H194.